The summed E-state index contributed by atoms with van der Waals surface area (Å²) in [5, 5.41) is 8.99. The first-order chi connectivity index (χ1) is 6.00. The molecule has 1 fully saturated rings. The molecule has 4 heteroatoms. The van der Waals surface area contributed by atoms with E-state index in [-0.39, 0.29) is 18.1 Å². The third-order valence-corrected chi connectivity index (χ3v) is 2.48. The highest BCUT2D eigenvalue weighted by Crippen LogP contribution is 2.12. The highest BCUT2D eigenvalue weighted by Gasteiger charge is 2.29. The van der Waals surface area contributed by atoms with Crippen molar-refractivity contribution < 1.29 is 9.90 Å². The fraction of sp³-hybridized carbons (Fsp3) is 0.889. The van der Waals surface area contributed by atoms with Crippen LogP contribution in [0.3, 0.4) is 0 Å². The van der Waals surface area contributed by atoms with Gasteiger partial charge in [-0.3, -0.25) is 4.79 Å². The summed E-state index contributed by atoms with van der Waals surface area (Å²) >= 11 is 0. The Labute approximate surface area is 78.7 Å². The fourth-order valence-electron chi connectivity index (χ4n) is 1.23. The van der Waals surface area contributed by atoms with Crippen molar-refractivity contribution in [2.45, 2.75) is 32.4 Å². The fourth-order valence-corrected chi connectivity index (χ4v) is 1.23. The number of hydrogen-bond acceptors (Lipinski definition) is 3. The lowest BCUT2D eigenvalue weighted by atomic mass is 10.0. The van der Waals surface area contributed by atoms with Gasteiger partial charge in [-0.25, -0.2) is 0 Å². The van der Waals surface area contributed by atoms with Crippen molar-refractivity contribution in [3.05, 3.63) is 0 Å². The molecule has 0 spiro atoms. The van der Waals surface area contributed by atoms with Crippen molar-refractivity contribution in [1.29, 1.82) is 0 Å². The Morgan fingerprint density at radius 3 is 2.54 bits per heavy atom. The van der Waals surface area contributed by atoms with Crippen LogP contribution in [0.15, 0.2) is 0 Å². The third kappa shape index (κ3) is 2.67. The molecule has 0 aromatic rings. The molecule has 0 radical (unpaired) electrons. The molecule has 4 nitrogen and oxygen atoms in total. The van der Waals surface area contributed by atoms with Crippen molar-refractivity contribution in [2.75, 3.05) is 13.1 Å². The van der Waals surface area contributed by atoms with Gasteiger partial charge < -0.3 is 15.7 Å². The molecule has 1 rings (SSSR count). The summed E-state index contributed by atoms with van der Waals surface area (Å²) in [5.41, 5.74) is 5.76. The summed E-state index contributed by atoms with van der Waals surface area (Å²) in [5.74, 6) is 0.390. The molecule has 1 aliphatic heterocycles. The summed E-state index contributed by atoms with van der Waals surface area (Å²) in [4.78, 5) is 13.1. The summed E-state index contributed by atoms with van der Waals surface area (Å²) in [7, 11) is 0. The van der Waals surface area contributed by atoms with Crippen LogP contribution in [0, 0.1) is 5.92 Å². The van der Waals surface area contributed by atoms with Crippen LogP contribution in [0.5, 0.6) is 0 Å². The van der Waals surface area contributed by atoms with E-state index in [1.165, 1.54) is 0 Å². The van der Waals surface area contributed by atoms with E-state index in [1.54, 1.807) is 4.90 Å². The zero-order valence-corrected chi connectivity index (χ0v) is 8.23. The Hall–Kier alpha value is -0.610. The average Bonchev–Trinajstić information content (AvgIpc) is 1.98. The van der Waals surface area contributed by atoms with Crippen molar-refractivity contribution >= 4 is 5.91 Å². The zero-order chi connectivity index (χ0) is 10.0. The Morgan fingerprint density at radius 2 is 2.15 bits per heavy atom. The predicted octanol–water partition coefficient (Wildman–Crippen LogP) is -0.437. The first-order valence-electron chi connectivity index (χ1n) is 4.72. The molecular formula is C9H18N2O2. The van der Waals surface area contributed by atoms with Crippen LogP contribution >= 0.6 is 0 Å². The number of amides is 1. The number of nitrogens with zero attached hydrogens (tertiary/aromatic N) is 1. The lowest BCUT2D eigenvalue weighted by molar-refractivity contribution is -0.141. The van der Waals surface area contributed by atoms with Gasteiger partial charge >= 0.3 is 0 Å². The maximum absolute atomic E-state index is 11.4. The molecule has 0 aromatic heterocycles. The van der Waals surface area contributed by atoms with Crippen LogP contribution in [0.2, 0.25) is 0 Å². The number of β-amino-alcohol motifs (C(OH)–C–C–N with tert-alkyl or cyclic N) is 1. The molecule has 1 heterocycles. The van der Waals surface area contributed by atoms with E-state index in [0.717, 1.165) is 0 Å². The number of carbonyl (C=O) groups is 1. The monoisotopic (exact) mass is 186 g/mol. The molecular weight excluding hydrogens is 168 g/mol. The van der Waals surface area contributed by atoms with Gasteiger partial charge in [0.2, 0.25) is 5.91 Å². The summed E-state index contributed by atoms with van der Waals surface area (Å²) in [6, 6.07) is -0.0646. The molecule has 1 atom stereocenters. The number of hydrogen-bond donors (Lipinski definition) is 2. The molecule has 0 aliphatic carbocycles. The molecule has 1 unspecified atom stereocenters. The van der Waals surface area contributed by atoms with Gasteiger partial charge in [-0.05, 0) is 5.92 Å². The van der Waals surface area contributed by atoms with Crippen molar-refractivity contribution in [1.82, 2.24) is 4.90 Å². The Balaban J connectivity index is 2.25. The van der Waals surface area contributed by atoms with Crippen LogP contribution in [-0.4, -0.2) is 41.1 Å². The SMILES string of the molecule is CC(C)C(N)CC(=O)N1CC(O)C1. The number of aliphatic hydroxyl groups excluding tert-OH is 1. The molecule has 0 saturated carbocycles. The molecule has 13 heavy (non-hydrogen) atoms. The van der Waals surface area contributed by atoms with Gasteiger partial charge in [0.15, 0.2) is 0 Å². The standard InChI is InChI=1S/C9H18N2O2/c1-6(2)8(10)3-9(13)11-4-7(12)5-11/h6-8,12H,3-5,10H2,1-2H3. The minimum Gasteiger partial charge on any atom is -0.389 e. The third-order valence-electron chi connectivity index (χ3n) is 2.48. The van der Waals surface area contributed by atoms with E-state index < -0.39 is 0 Å². The van der Waals surface area contributed by atoms with E-state index in [9.17, 15) is 4.79 Å². The minimum absolute atomic E-state index is 0.0616. The number of rotatable bonds is 3. The quantitative estimate of drug-likeness (QED) is 0.628. The largest absolute Gasteiger partial charge is 0.389 e. The zero-order valence-electron chi connectivity index (χ0n) is 8.23. The Morgan fingerprint density at radius 1 is 1.62 bits per heavy atom. The normalized spacial score (nSPS) is 20.2. The summed E-state index contributed by atoms with van der Waals surface area (Å²) in [6.45, 7) is 4.96. The lowest BCUT2D eigenvalue weighted by Crippen LogP contribution is -2.54. The highest BCUT2D eigenvalue weighted by molar-refractivity contribution is 5.77. The van der Waals surface area contributed by atoms with Crippen LogP contribution in [0.4, 0.5) is 0 Å². The van der Waals surface area contributed by atoms with E-state index in [0.29, 0.717) is 25.4 Å². The van der Waals surface area contributed by atoms with Gasteiger partial charge in [0, 0.05) is 25.6 Å². The van der Waals surface area contributed by atoms with Gasteiger partial charge in [-0.2, -0.15) is 0 Å². The maximum atomic E-state index is 11.4. The summed E-state index contributed by atoms with van der Waals surface area (Å²) in [6.07, 6.45) is 0.0731. The van der Waals surface area contributed by atoms with E-state index in [2.05, 4.69) is 0 Å². The van der Waals surface area contributed by atoms with Crippen molar-refractivity contribution in [3.8, 4) is 0 Å². The van der Waals surface area contributed by atoms with Gasteiger partial charge in [0.25, 0.3) is 0 Å². The molecule has 1 aliphatic rings. The molecule has 1 saturated heterocycles. The molecule has 76 valence electrons. The van der Waals surface area contributed by atoms with Crippen LogP contribution in [0.1, 0.15) is 20.3 Å². The second-order valence-electron chi connectivity index (χ2n) is 4.06. The summed E-state index contributed by atoms with van der Waals surface area (Å²) < 4.78 is 0. The van der Waals surface area contributed by atoms with Crippen molar-refractivity contribution in [2.24, 2.45) is 11.7 Å². The number of likely N-dealkylation sites (tertiary alicyclic amines) is 1. The second-order valence-corrected chi connectivity index (χ2v) is 4.06. The lowest BCUT2D eigenvalue weighted by Gasteiger charge is -2.36. The number of nitrogens with two attached hydrogens (primary N) is 1. The number of aliphatic hydroxyl groups is 1. The number of carbonyl (C=O) groups excluding carboxylic acids is 1. The molecule has 0 aromatic carbocycles. The molecule has 1 amide bonds. The second kappa shape index (κ2) is 4.07. The van der Waals surface area contributed by atoms with Gasteiger partial charge in [-0.1, -0.05) is 13.8 Å². The van der Waals surface area contributed by atoms with E-state index in [1.807, 2.05) is 13.8 Å². The van der Waals surface area contributed by atoms with Crippen LogP contribution < -0.4 is 5.73 Å². The topological polar surface area (TPSA) is 66.6 Å². The van der Waals surface area contributed by atoms with Crippen LogP contribution in [0.25, 0.3) is 0 Å². The van der Waals surface area contributed by atoms with Gasteiger partial charge in [0.1, 0.15) is 0 Å². The highest BCUT2D eigenvalue weighted by atomic mass is 16.3. The first kappa shape index (κ1) is 10.5. The van der Waals surface area contributed by atoms with E-state index in [4.69, 9.17) is 10.8 Å². The molecule has 0 bridgehead atoms. The Bertz CT molecular complexity index is 188. The Kier molecular flexibility index (Phi) is 3.27. The van der Waals surface area contributed by atoms with Gasteiger partial charge in [0.05, 0.1) is 6.10 Å². The average molecular weight is 186 g/mol. The molecule has 3 N–H and O–H groups in total. The van der Waals surface area contributed by atoms with Crippen LogP contribution in [-0.2, 0) is 4.79 Å². The smallest absolute Gasteiger partial charge is 0.224 e. The van der Waals surface area contributed by atoms with E-state index >= 15 is 0 Å². The van der Waals surface area contributed by atoms with Gasteiger partial charge in [-0.15, -0.1) is 0 Å². The maximum Gasteiger partial charge on any atom is 0.224 e. The predicted molar refractivity (Wildman–Crippen MR) is 50.0 cm³/mol. The van der Waals surface area contributed by atoms with Crippen molar-refractivity contribution in [3.63, 3.8) is 0 Å². The minimum atomic E-state index is -0.320. The first-order valence-corrected chi connectivity index (χ1v) is 4.72.